The second kappa shape index (κ2) is 5.31. The molecular weight excluding hydrogens is 311 g/mol. The molecule has 118 valence electrons. The lowest BCUT2D eigenvalue weighted by Gasteiger charge is -2.11. The molecule has 0 spiro atoms. The molecule has 0 atom stereocenters. The predicted octanol–water partition coefficient (Wildman–Crippen LogP) is 3.46. The SMILES string of the molecule is O=C(O)c1cccc2c1nc(Nc1ccccc1F)c1cncn12. The first-order chi connectivity index (χ1) is 11.6. The number of benzene rings is 2. The van der Waals surface area contributed by atoms with Crippen LogP contribution in [0.3, 0.4) is 0 Å². The molecule has 4 aromatic rings. The second-order valence-corrected chi connectivity index (χ2v) is 5.19. The summed E-state index contributed by atoms with van der Waals surface area (Å²) in [7, 11) is 0. The summed E-state index contributed by atoms with van der Waals surface area (Å²) in [5.41, 5.74) is 1.85. The summed E-state index contributed by atoms with van der Waals surface area (Å²) in [6, 6.07) is 11.1. The van der Waals surface area contributed by atoms with Gasteiger partial charge in [0.1, 0.15) is 16.9 Å². The van der Waals surface area contributed by atoms with Gasteiger partial charge in [0.05, 0.1) is 29.3 Å². The number of anilines is 2. The maximum absolute atomic E-state index is 13.9. The van der Waals surface area contributed by atoms with Gasteiger partial charge in [-0.05, 0) is 24.3 Å². The molecule has 0 aliphatic carbocycles. The number of hydrogen-bond acceptors (Lipinski definition) is 4. The summed E-state index contributed by atoms with van der Waals surface area (Å²) in [4.78, 5) is 20.0. The van der Waals surface area contributed by atoms with Crippen LogP contribution in [0.2, 0.25) is 0 Å². The minimum absolute atomic E-state index is 0.0692. The zero-order valence-corrected chi connectivity index (χ0v) is 12.3. The first-order valence-electron chi connectivity index (χ1n) is 7.15. The number of carbonyl (C=O) groups is 1. The number of nitrogens with one attached hydrogen (secondary N) is 1. The molecule has 7 heteroatoms. The molecule has 6 nitrogen and oxygen atoms in total. The van der Waals surface area contributed by atoms with Crippen molar-refractivity contribution in [2.45, 2.75) is 0 Å². The second-order valence-electron chi connectivity index (χ2n) is 5.19. The fraction of sp³-hybridized carbons (Fsp3) is 0. The van der Waals surface area contributed by atoms with E-state index in [1.165, 1.54) is 12.1 Å². The average molecular weight is 322 g/mol. The number of hydrogen-bond donors (Lipinski definition) is 2. The van der Waals surface area contributed by atoms with Crippen LogP contribution >= 0.6 is 0 Å². The number of imidazole rings is 1. The Hall–Kier alpha value is -3.48. The summed E-state index contributed by atoms with van der Waals surface area (Å²) < 4.78 is 15.6. The number of para-hydroxylation sites is 2. The van der Waals surface area contributed by atoms with Gasteiger partial charge in [-0.1, -0.05) is 18.2 Å². The highest BCUT2D eigenvalue weighted by atomic mass is 19.1. The van der Waals surface area contributed by atoms with Gasteiger partial charge in [-0.25, -0.2) is 19.2 Å². The predicted molar refractivity (Wildman–Crippen MR) is 87.1 cm³/mol. The van der Waals surface area contributed by atoms with Crippen LogP contribution in [0.25, 0.3) is 16.6 Å². The van der Waals surface area contributed by atoms with E-state index in [1.807, 2.05) is 0 Å². The van der Waals surface area contributed by atoms with Gasteiger partial charge in [0.25, 0.3) is 0 Å². The summed E-state index contributed by atoms with van der Waals surface area (Å²) in [6.07, 6.45) is 3.15. The third-order valence-corrected chi connectivity index (χ3v) is 3.74. The van der Waals surface area contributed by atoms with E-state index in [0.717, 1.165) is 0 Å². The molecule has 2 heterocycles. The molecule has 0 saturated heterocycles. The number of halogens is 1. The van der Waals surface area contributed by atoms with E-state index < -0.39 is 11.8 Å². The van der Waals surface area contributed by atoms with E-state index in [2.05, 4.69) is 15.3 Å². The Labute approximate surface area is 135 Å². The van der Waals surface area contributed by atoms with Gasteiger partial charge >= 0.3 is 5.97 Å². The van der Waals surface area contributed by atoms with Crippen molar-refractivity contribution < 1.29 is 14.3 Å². The quantitative estimate of drug-likeness (QED) is 0.604. The number of fused-ring (bicyclic) bond motifs is 3. The number of aromatic carboxylic acids is 1. The van der Waals surface area contributed by atoms with E-state index in [0.29, 0.717) is 22.4 Å². The van der Waals surface area contributed by atoms with Gasteiger partial charge in [0.2, 0.25) is 0 Å². The molecule has 0 fully saturated rings. The van der Waals surface area contributed by atoms with Crippen LogP contribution in [0.15, 0.2) is 55.0 Å². The fourth-order valence-electron chi connectivity index (χ4n) is 2.63. The molecule has 2 N–H and O–H groups in total. The van der Waals surface area contributed by atoms with Crippen LogP contribution < -0.4 is 5.32 Å². The highest BCUT2D eigenvalue weighted by Gasteiger charge is 2.15. The summed E-state index contributed by atoms with van der Waals surface area (Å²) in [6.45, 7) is 0. The summed E-state index contributed by atoms with van der Waals surface area (Å²) in [5, 5.41) is 12.3. The Bertz CT molecular complexity index is 1090. The molecule has 4 rings (SSSR count). The highest BCUT2D eigenvalue weighted by molar-refractivity contribution is 6.02. The van der Waals surface area contributed by atoms with E-state index in [9.17, 15) is 14.3 Å². The minimum Gasteiger partial charge on any atom is -0.478 e. The van der Waals surface area contributed by atoms with Gasteiger partial charge in [-0.2, -0.15) is 0 Å². The van der Waals surface area contributed by atoms with Crippen molar-refractivity contribution in [3.8, 4) is 0 Å². The first-order valence-corrected chi connectivity index (χ1v) is 7.15. The number of nitrogens with zero attached hydrogens (tertiary/aromatic N) is 3. The third-order valence-electron chi connectivity index (χ3n) is 3.74. The molecule has 0 aliphatic heterocycles. The van der Waals surface area contributed by atoms with Crippen LogP contribution in [-0.4, -0.2) is 25.4 Å². The minimum atomic E-state index is -1.08. The Kier molecular flexibility index (Phi) is 3.13. The van der Waals surface area contributed by atoms with E-state index in [-0.39, 0.29) is 11.3 Å². The van der Waals surface area contributed by atoms with Crippen LogP contribution in [0.1, 0.15) is 10.4 Å². The summed E-state index contributed by atoms with van der Waals surface area (Å²) >= 11 is 0. The zero-order valence-electron chi connectivity index (χ0n) is 12.3. The maximum Gasteiger partial charge on any atom is 0.337 e. The van der Waals surface area contributed by atoms with Crippen molar-refractivity contribution in [3.05, 3.63) is 66.4 Å². The van der Waals surface area contributed by atoms with Crippen molar-refractivity contribution in [3.63, 3.8) is 0 Å². The number of rotatable bonds is 3. The van der Waals surface area contributed by atoms with Crippen molar-refractivity contribution >= 4 is 34.0 Å². The molecule has 2 aromatic carbocycles. The number of carboxylic acids is 1. The zero-order chi connectivity index (χ0) is 16.7. The first kappa shape index (κ1) is 14.1. The van der Waals surface area contributed by atoms with Crippen LogP contribution in [0, 0.1) is 5.82 Å². The van der Waals surface area contributed by atoms with Crippen LogP contribution in [0.4, 0.5) is 15.9 Å². The van der Waals surface area contributed by atoms with Gasteiger partial charge in [-0.3, -0.25) is 4.40 Å². The molecule has 0 aliphatic rings. The van der Waals surface area contributed by atoms with E-state index >= 15 is 0 Å². The molecule has 2 aromatic heterocycles. The standard InChI is InChI=1S/C17H11FN4O2/c18-11-5-1-2-6-12(11)20-16-14-8-19-9-22(14)13-7-3-4-10(17(23)24)15(13)21-16/h1-9H,(H,20,21)(H,23,24). The third kappa shape index (κ3) is 2.14. The van der Waals surface area contributed by atoms with Crippen LogP contribution in [-0.2, 0) is 0 Å². The lowest BCUT2D eigenvalue weighted by atomic mass is 10.1. The average Bonchev–Trinajstić information content (AvgIpc) is 3.06. The normalized spacial score (nSPS) is 11.0. The van der Waals surface area contributed by atoms with Crippen molar-refractivity contribution in [1.82, 2.24) is 14.4 Å². The molecule has 24 heavy (non-hydrogen) atoms. The van der Waals surface area contributed by atoms with Gasteiger partial charge in [0, 0.05) is 0 Å². The lowest BCUT2D eigenvalue weighted by Crippen LogP contribution is -2.04. The Morgan fingerprint density at radius 2 is 1.96 bits per heavy atom. The van der Waals surface area contributed by atoms with E-state index in [1.54, 1.807) is 47.3 Å². The topological polar surface area (TPSA) is 79.5 Å². The Morgan fingerprint density at radius 3 is 2.75 bits per heavy atom. The van der Waals surface area contributed by atoms with Crippen molar-refractivity contribution in [2.24, 2.45) is 0 Å². The van der Waals surface area contributed by atoms with Crippen molar-refractivity contribution in [2.75, 3.05) is 5.32 Å². The monoisotopic (exact) mass is 322 g/mol. The molecular formula is C17H11FN4O2. The number of aromatic nitrogens is 3. The van der Waals surface area contributed by atoms with E-state index in [4.69, 9.17) is 0 Å². The molecule has 0 bridgehead atoms. The molecule has 0 amide bonds. The Balaban J connectivity index is 2.00. The van der Waals surface area contributed by atoms with Gasteiger partial charge in [0.15, 0.2) is 5.82 Å². The molecule has 0 saturated carbocycles. The maximum atomic E-state index is 13.9. The smallest absolute Gasteiger partial charge is 0.337 e. The summed E-state index contributed by atoms with van der Waals surface area (Å²) in [5.74, 6) is -1.17. The fourth-order valence-corrected chi connectivity index (χ4v) is 2.63. The van der Waals surface area contributed by atoms with Crippen molar-refractivity contribution in [1.29, 1.82) is 0 Å². The number of carboxylic acid groups (broad SMARTS) is 1. The molecule has 0 unspecified atom stereocenters. The Morgan fingerprint density at radius 1 is 1.12 bits per heavy atom. The largest absolute Gasteiger partial charge is 0.478 e. The van der Waals surface area contributed by atoms with Gasteiger partial charge in [-0.15, -0.1) is 0 Å². The lowest BCUT2D eigenvalue weighted by molar-refractivity contribution is 0.0699. The van der Waals surface area contributed by atoms with Crippen LogP contribution in [0.5, 0.6) is 0 Å². The highest BCUT2D eigenvalue weighted by Crippen LogP contribution is 2.27. The molecule has 0 radical (unpaired) electrons. The van der Waals surface area contributed by atoms with Gasteiger partial charge < -0.3 is 10.4 Å².